The van der Waals surface area contributed by atoms with Crippen LogP contribution in [0.1, 0.15) is 24.6 Å². The Morgan fingerprint density at radius 3 is 2.45 bits per heavy atom. The van der Waals surface area contributed by atoms with E-state index in [1.54, 1.807) is 7.11 Å². The molecule has 1 aromatic heterocycles. The van der Waals surface area contributed by atoms with E-state index in [1.165, 1.54) is 0 Å². The van der Waals surface area contributed by atoms with Crippen LogP contribution in [0.15, 0.2) is 42.6 Å². The monoisotopic (exact) mass is 449 g/mol. The lowest BCUT2D eigenvalue weighted by Crippen LogP contribution is -1.99. The molecule has 3 aromatic rings. The maximum Gasteiger partial charge on any atom is 0.466 e. The topological polar surface area (TPSA) is 128 Å². The minimum atomic E-state index is -4.64. The number of hydrogen-bond acceptors (Lipinski definition) is 6. The predicted molar refractivity (Wildman–Crippen MR) is 114 cm³/mol. The number of aromatic nitrogens is 1. The third-order valence-electron chi connectivity index (χ3n) is 4.40. The summed E-state index contributed by atoms with van der Waals surface area (Å²) >= 11 is 0. The van der Waals surface area contributed by atoms with Crippen molar-refractivity contribution in [2.24, 2.45) is 0 Å². The second-order valence-corrected chi connectivity index (χ2v) is 7.73. The van der Waals surface area contributed by atoms with E-state index in [0.717, 1.165) is 51.4 Å². The molecule has 9 nitrogen and oxygen atoms in total. The van der Waals surface area contributed by atoms with Crippen molar-refractivity contribution in [1.29, 1.82) is 0 Å². The highest BCUT2D eigenvalue weighted by Gasteiger charge is 2.16. The maximum atomic E-state index is 8.88. The Morgan fingerprint density at radius 1 is 1.06 bits per heavy atom. The zero-order valence-corrected chi connectivity index (χ0v) is 18.0. The van der Waals surface area contributed by atoms with Gasteiger partial charge in [-0.2, -0.15) is 0 Å². The Kier molecular flexibility index (Phi) is 7.35. The molecule has 1 aliphatic rings. The number of phosphoric acid groups is 1. The lowest BCUT2D eigenvalue weighted by Gasteiger charge is -2.12. The number of methoxy groups -OCH3 is 1. The lowest BCUT2D eigenvalue weighted by molar-refractivity contribution is 0.174. The standard InChI is InChI=1S/C21H21NO4.H3O4P/c1-3-8-24-18-5-4-14(10-19(18)23-2)9-17-16-12-21-20(25-13-26-21)11-15(16)6-7-22-17;1-5(2,3)4/h4-7,10-12H,3,8-9,13H2,1-2H3;(H3,1,2,3,4). The molecule has 2 heterocycles. The highest BCUT2D eigenvalue weighted by atomic mass is 31.2. The zero-order valence-electron chi connectivity index (χ0n) is 17.1. The van der Waals surface area contributed by atoms with Gasteiger partial charge in [0, 0.05) is 18.0 Å². The molecule has 0 bridgehead atoms. The third kappa shape index (κ3) is 6.32. The van der Waals surface area contributed by atoms with Crippen LogP contribution in [-0.4, -0.2) is 40.2 Å². The normalized spacial score (nSPS) is 12.3. The molecule has 0 radical (unpaired) electrons. The van der Waals surface area contributed by atoms with Gasteiger partial charge in [-0.1, -0.05) is 13.0 Å². The number of fused-ring (bicyclic) bond motifs is 2. The molecule has 0 amide bonds. The van der Waals surface area contributed by atoms with E-state index in [1.807, 2.05) is 36.5 Å². The molecule has 3 N–H and O–H groups in total. The van der Waals surface area contributed by atoms with Crippen molar-refractivity contribution in [1.82, 2.24) is 4.98 Å². The lowest BCUT2D eigenvalue weighted by atomic mass is 10.0. The van der Waals surface area contributed by atoms with Crippen molar-refractivity contribution >= 4 is 18.6 Å². The summed E-state index contributed by atoms with van der Waals surface area (Å²) in [7, 11) is -2.98. The molecule has 1 aliphatic heterocycles. The highest BCUT2D eigenvalue weighted by molar-refractivity contribution is 7.45. The molecule has 31 heavy (non-hydrogen) atoms. The smallest absolute Gasteiger partial charge is 0.466 e. The third-order valence-corrected chi connectivity index (χ3v) is 4.40. The van der Waals surface area contributed by atoms with Crippen LogP contribution in [-0.2, 0) is 11.0 Å². The molecular weight excluding hydrogens is 425 g/mol. The van der Waals surface area contributed by atoms with Gasteiger partial charge in [0.15, 0.2) is 23.0 Å². The summed E-state index contributed by atoms with van der Waals surface area (Å²) in [6.45, 7) is 3.02. The molecular formula is C21H24NO8P. The second kappa shape index (κ2) is 9.98. The van der Waals surface area contributed by atoms with Crippen molar-refractivity contribution < 1.29 is 38.2 Å². The Hall–Kier alpha value is -2.84. The summed E-state index contributed by atoms with van der Waals surface area (Å²) in [5.74, 6) is 3.07. The first-order valence-corrected chi connectivity index (χ1v) is 11.1. The SMILES string of the molecule is CCCOc1ccc(Cc2nccc3cc4c(cc23)OCO4)cc1OC.O=P(O)(O)O. The van der Waals surface area contributed by atoms with Crippen LogP contribution < -0.4 is 18.9 Å². The molecule has 4 rings (SSSR count). The van der Waals surface area contributed by atoms with Gasteiger partial charge in [0.1, 0.15) is 0 Å². The van der Waals surface area contributed by atoms with Crippen molar-refractivity contribution in [2.45, 2.75) is 19.8 Å². The molecule has 0 aliphatic carbocycles. The largest absolute Gasteiger partial charge is 0.493 e. The molecule has 0 spiro atoms. The summed E-state index contributed by atoms with van der Waals surface area (Å²) in [6, 6.07) is 12.0. The molecule has 0 saturated carbocycles. The van der Waals surface area contributed by atoms with Crippen LogP contribution in [0.5, 0.6) is 23.0 Å². The fourth-order valence-electron chi connectivity index (χ4n) is 3.11. The second-order valence-electron chi connectivity index (χ2n) is 6.71. The maximum absolute atomic E-state index is 8.88. The average Bonchev–Trinajstić information content (AvgIpc) is 3.17. The predicted octanol–water partition coefficient (Wildman–Crippen LogP) is 3.42. The Bertz CT molecular complexity index is 1090. The summed E-state index contributed by atoms with van der Waals surface area (Å²) in [5, 5.41) is 2.16. The van der Waals surface area contributed by atoms with Crippen molar-refractivity contribution in [3.05, 3.63) is 53.9 Å². The van der Waals surface area contributed by atoms with Gasteiger partial charge in [-0.3, -0.25) is 4.98 Å². The number of nitrogens with zero attached hydrogens (tertiary/aromatic N) is 1. The molecule has 10 heteroatoms. The molecule has 0 atom stereocenters. The quantitative estimate of drug-likeness (QED) is 0.485. The Morgan fingerprint density at radius 2 is 1.77 bits per heavy atom. The van der Waals surface area contributed by atoms with E-state index in [4.69, 9.17) is 38.2 Å². The van der Waals surface area contributed by atoms with E-state index < -0.39 is 7.82 Å². The zero-order chi connectivity index (χ0) is 22.4. The average molecular weight is 449 g/mol. The number of rotatable bonds is 6. The highest BCUT2D eigenvalue weighted by Crippen LogP contribution is 2.37. The van der Waals surface area contributed by atoms with Gasteiger partial charge in [-0.25, -0.2) is 4.57 Å². The Labute approximate surface area is 179 Å². The van der Waals surface area contributed by atoms with Crippen molar-refractivity contribution in [3.8, 4) is 23.0 Å². The minimum Gasteiger partial charge on any atom is -0.493 e. The van der Waals surface area contributed by atoms with Crippen molar-refractivity contribution in [3.63, 3.8) is 0 Å². The van der Waals surface area contributed by atoms with Crippen LogP contribution in [0.25, 0.3) is 10.8 Å². The molecule has 2 aromatic carbocycles. The molecule has 166 valence electrons. The van der Waals surface area contributed by atoms with Crippen LogP contribution in [0.3, 0.4) is 0 Å². The van der Waals surface area contributed by atoms with E-state index in [9.17, 15) is 0 Å². The first kappa shape index (κ1) is 22.8. The van der Waals surface area contributed by atoms with Crippen LogP contribution in [0.2, 0.25) is 0 Å². The first-order valence-electron chi connectivity index (χ1n) is 9.53. The molecule has 0 unspecified atom stereocenters. The molecule has 0 fully saturated rings. The summed E-state index contributed by atoms with van der Waals surface area (Å²) in [6.07, 6.45) is 3.48. The fraction of sp³-hybridized carbons (Fsp3) is 0.286. The van der Waals surface area contributed by atoms with E-state index in [-0.39, 0.29) is 6.79 Å². The van der Waals surface area contributed by atoms with Gasteiger partial charge in [-0.05, 0) is 47.7 Å². The number of ether oxygens (including phenoxy) is 4. The summed E-state index contributed by atoms with van der Waals surface area (Å²) in [4.78, 5) is 26.1. The summed E-state index contributed by atoms with van der Waals surface area (Å²) < 4.78 is 31.1. The van der Waals surface area contributed by atoms with E-state index >= 15 is 0 Å². The molecule has 0 saturated heterocycles. The van der Waals surface area contributed by atoms with Crippen LogP contribution in [0, 0.1) is 0 Å². The van der Waals surface area contributed by atoms with Gasteiger partial charge in [0.2, 0.25) is 6.79 Å². The van der Waals surface area contributed by atoms with Crippen LogP contribution >= 0.6 is 7.82 Å². The van der Waals surface area contributed by atoms with Gasteiger partial charge in [0.05, 0.1) is 19.4 Å². The number of pyridine rings is 1. The van der Waals surface area contributed by atoms with Crippen molar-refractivity contribution in [2.75, 3.05) is 20.5 Å². The van der Waals surface area contributed by atoms with Gasteiger partial charge < -0.3 is 33.6 Å². The Balaban J connectivity index is 0.000000491. The van der Waals surface area contributed by atoms with E-state index in [2.05, 4.69) is 18.0 Å². The summed E-state index contributed by atoms with van der Waals surface area (Å²) in [5.41, 5.74) is 2.11. The van der Waals surface area contributed by atoms with Gasteiger partial charge in [0.25, 0.3) is 0 Å². The van der Waals surface area contributed by atoms with E-state index in [0.29, 0.717) is 13.0 Å². The number of hydrogen-bond donors (Lipinski definition) is 3. The first-order chi connectivity index (χ1) is 14.8. The van der Waals surface area contributed by atoms with Gasteiger partial charge in [-0.15, -0.1) is 0 Å². The van der Waals surface area contributed by atoms with Gasteiger partial charge >= 0.3 is 7.82 Å². The minimum absolute atomic E-state index is 0.269. The van der Waals surface area contributed by atoms with Crippen LogP contribution in [0.4, 0.5) is 0 Å². The fourth-order valence-corrected chi connectivity index (χ4v) is 3.11. The number of benzene rings is 2.